The van der Waals surface area contributed by atoms with Gasteiger partial charge in [0.25, 0.3) is 0 Å². The number of aryl methyl sites for hydroxylation is 1. The van der Waals surface area contributed by atoms with Gasteiger partial charge in [-0.3, -0.25) is 4.79 Å². The summed E-state index contributed by atoms with van der Waals surface area (Å²) >= 11 is 1.57. The fourth-order valence-corrected chi connectivity index (χ4v) is 4.16. The molecule has 1 heterocycles. The van der Waals surface area contributed by atoms with Crippen LogP contribution in [0.15, 0.2) is 46.7 Å². The molecule has 0 N–H and O–H groups in total. The van der Waals surface area contributed by atoms with Gasteiger partial charge in [-0.05, 0) is 37.4 Å². The molecule has 0 saturated heterocycles. The predicted molar refractivity (Wildman–Crippen MR) is 96.5 cm³/mol. The van der Waals surface area contributed by atoms with Crippen molar-refractivity contribution in [3.63, 3.8) is 0 Å². The first kappa shape index (κ1) is 18.6. The third kappa shape index (κ3) is 4.03. The van der Waals surface area contributed by atoms with Gasteiger partial charge >= 0.3 is 0 Å². The monoisotopic (exact) mass is 366 g/mol. The Morgan fingerprint density at radius 2 is 1.79 bits per heavy atom. The van der Waals surface area contributed by atoms with E-state index in [1.54, 1.807) is 47.5 Å². The molecule has 0 bridgehead atoms. The molecule has 2 rings (SSSR count). The van der Waals surface area contributed by atoms with Crippen LogP contribution in [0.4, 0.5) is 0 Å². The Hall–Kier alpha value is -1.70. The summed E-state index contributed by atoms with van der Waals surface area (Å²) in [5, 5.41) is 1.96. The van der Waals surface area contributed by atoms with Gasteiger partial charge in [0.05, 0.1) is 17.5 Å². The Labute approximate surface area is 147 Å². The fourth-order valence-electron chi connectivity index (χ4n) is 2.21. The number of carbonyl (C=O) groups excluding carboxylic acids is 1. The van der Waals surface area contributed by atoms with Crippen molar-refractivity contribution in [1.82, 2.24) is 9.21 Å². The summed E-state index contributed by atoms with van der Waals surface area (Å²) in [7, 11) is -0.555. The molecular weight excluding hydrogens is 344 g/mol. The molecule has 0 saturated carbocycles. The molecule has 1 aromatic heterocycles. The summed E-state index contributed by atoms with van der Waals surface area (Å²) < 4.78 is 26.2. The van der Waals surface area contributed by atoms with Crippen molar-refractivity contribution in [3.8, 4) is 0 Å². The van der Waals surface area contributed by atoms with E-state index in [0.29, 0.717) is 0 Å². The summed E-state index contributed by atoms with van der Waals surface area (Å²) in [6.45, 7) is 3.63. The number of amides is 1. The van der Waals surface area contributed by atoms with Gasteiger partial charge in [-0.25, -0.2) is 8.42 Å². The Morgan fingerprint density at radius 3 is 2.33 bits per heavy atom. The van der Waals surface area contributed by atoms with E-state index in [9.17, 15) is 13.2 Å². The summed E-state index contributed by atoms with van der Waals surface area (Å²) in [4.78, 5) is 15.3. The van der Waals surface area contributed by atoms with E-state index in [1.807, 2.05) is 31.4 Å². The number of hydrogen-bond donors (Lipinski definition) is 0. The van der Waals surface area contributed by atoms with Gasteiger partial charge in [-0.2, -0.15) is 4.31 Å². The lowest BCUT2D eigenvalue weighted by atomic mass is 10.2. The standard InChI is InChI=1S/C17H22N2O3S2/c1-13-7-9-15(10-8-13)24(21,22)18(3)12-17(20)19(4)14(2)16-6-5-11-23-16/h5-11,14H,12H2,1-4H3. The Bertz CT molecular complexity index is 784. The van der Waals surface area contributed by atoms with Crippen LogP contribution in [0.3, 0.4) is 0 Å². The summed E-state index contributed by atoms with van der Waals surface area (Å²) in [5.41, 5.74) is 0.984. The van der Waals surface area contributed by atoms with Crippen molar-refractivity contribution >= 4 is 27.3 Å². The van der Waals surface area contributed by atoms with Crippen LogP contribution in [0.25, 0.3) is 0 Å². The first-order chi connectivity index (χ1) is 11.2. The maximum absolute atomic E-state index is 12.6. The molecule has 0 aliphatic heterocycles. The van der Waals surface area contributed by atoms with Gasteiger partial charge in [-0.1, -0.05) is 23.8 Å². The van der Waals surface area contributed by atoms with E-state index < -0.39 is 10.0 Å². The molecule has 2 aromatic rings. The van der Waals surface area contributed by atoms with Gasteiger partial charge < -0.3 is 4.90 Å². The molecule has 5 nitrogen and oxygen atoms in total. The number of sulfonamides is 1. The van der Waals surface area contributed by atoms with E-state index in [4.69, 9.17) is 0 Å². The van der Waals surface area contributed by atoms with Crippen molar-refractivity contribution in [2.45, 2.75) is 24.8 Å². The summed E-state index contributed by atoms with van der Waals surface area (Å²) in [6.07, 6.45) is 0. The zero-order valence-electron chi connectivity index (χ0n) is 14.3. The lowest BCUT2D eigenvalue weighted by Crippen LogP contribution is -2.40. The molecule has 7 heteroatoms. The van der Waals surface area contributed by atoms with E-state index in [0.717, 1.165) is 14.7 Å². The molecule has 0 spiro atoms. The number of benzene rings is 1. The average Bonchev–Trinajstić information content (AvgIpc) is 3.08. The molecule has 0 aliphatic carbocycles. The van der Waals surface area contributed by atoms with Gasteiger partial charge in [-0.15, -0.1) is 11.3 Å². The van der Waals surface area contributed by atoms with Crippen LogP contribution < -0.4 is 0 Å². The average molecular weight is 367 g/mol. The van der Waals surface area contributed by atoms with Gasteiger partial charge in [0.15, 0.2) is 0 Å². The molecular formula is C17H22N2O3S2. The third-order valence-corrected chi connectivity index (χ3v) is 6.88. The maximum atomic E-state index is 12.6. The Morgan fingerprint density at radius 1 is 1.17 bits per heavy atom. The van der Waals surface area contributed by atoms with E-state index in [-0.39, 0.29) is 23.4 Å². The molecule has 1 amide bonds. The topological polar surface area (TPSA) is 57.7 Å². The molecule has 130 valence electrons. The maximum Gasteiger partial charge on any atom is 0.243 e. The Balaban J connectivity index is 2.09. The van der Waals surface area contributed by atoms with Crippen LogP contribution in [-0.4, -0.2) is 44.2 Å². The van der Waals surface area contributed by atoms with E-state index in [2.05, 4.69) is 0 Å². The molecule has 1 aromatic carbocycles. The molecule has 0 radical (unpaired) electrons. The zero-order chi connectivity index (χ0) is 17.9. The van der Waals surface area contributed by atoms with Crippen molar-refractivity contribution in [1.29, 1.82) is 0 Å². The van der Waals surface area contributed by atoms with Crippen LogP contribution in [0.5, 0.6) is 0 Å². The number of carbonyl (C=O) groups is 1. The molecule has 1 atom stereocenters. The minimum atomic E-state index is -3.68. The molecule has 24 heavy (non-hydrogen) atoms. The highest BCUT2D eigenvalue weighted by Gasteiger charge is 2.26. The van der Waals surface area contributed by atoms with Crippen LogP contribution in [0.1, 0.15) is 23.4 Å². The minimum absolute atomic E-state index is 0.0898. The number of hydrogen-bond acceptors (Lipinski definition) is 4. The lowest BCUT2D eigenvalue weighted by Gasteiger charge is -2.26. The van der Waals surface area contributed by atoms with Crippen LogP contribution >= 0.6 is 11.3 Å². The molecule has 0 aliphatic rings. The smallest absolute Gasteiger partial charge is 0.243 e. The van der Waals surface area contributed by atoms with E-state index >= 15 is 0 Å². The van der Waals surface area contributed by atoms with Crippen LogP contribution in [0.2, 0.25) is 0 Å². The largest absolute Gasteiger partial charge is 0.337 e. The van der Waals surface area contributed by atoms with Crippen molar-refractivity contribution in [2.75, 3.05) is 20.6 Å². The highest BCUT2D eigenvalue weighted by molar-refractivity contribution is 7.89. The second kappa shape index (κ2) is 7.46. The number of thiophene rings is 1. The molecule has 1 unspecified atom stereocenters. The predicted octanol–water partition coefficient (Wildman–Crippen LogP) is 2.90. The molecule has 0 fully saturated rings. The third-order valence-electron chi connectivity index (χ3n) is 4.02. The zero-order valence-corrected chi connectivity index (χ0v) is 15.9. The number of rotatable bonds is 6. The van der Waals surface area contributed by atoms with Gasteiger partial charge in [0.2, 0.25) is 15.9 Å². The minimum Gasteiger partial charge on any atom is -0.337 e. The highest BCUT2D eigenvalue weighted by atomic mass is 32.2. The summed E-state index contributed by atoms with van der Waals surface area (Å²) in [5.74, 6) is -0.242. The highest BCUT2D eigenvalue weighted by Crippen LogP contribution is 2.24. The fraction of sp³-hybridized carbons (Fsp3) is 0.353. The van der Waals surface area contributed by atoms with Gasteiger partial charge in [0, 0.05) is 19.0 Å². The SMILES string of the molecule is Cc1ccc(S(=O)(=O)N(C)CC(=O)N(C)C(C)c2cccs2)cc1. The second-order valence-electron chi connectivity index (χ2n) is 5.77. The summed E-state index contributed by atoms with van der Waals surface area (Å²) in [6, 6.07) is 10.4. The quantitative estimate of drug-likeness (QED) is 0.790. The lowest BCUT2D eigenvalue weighted by molar-refractivity contribution is -0.131. The van der Waals surface area contributed by atoms with Crippen molar-refractivity contribution in [3.05, 3.63) is 52.2 Å². The van der Waals surface area contributed by atoms with Crippen LogP contribution in [-0.2, 0) is 14.8 Å². The van der Waals surface area contributed by atoms with E-state index in [1.165, 1.54) is 7.05 Å². The van der Waals surface area contributed by atoms with Crippen molar-refractivity contribution < 1.29 is 13.2 Å². The first-order valence-electron chi connectivity index (χ1n) is 7.55. The second-order valence-corrected chi connectivity index (χ2v) is 8.79. The number of nitrogens with zero attached hydrogens (tertiary/aromatic N) is 2. The number of likely N-dealkylation sites (N-methyl/N-ethyl adjacent to an activating group) is 2. The normalized spacial score (nSPS) is 13.0. The van der Waals surface area contributed by atoms with Crippen LogP contribution in [0, 0.1) is 6.92 Å². The van der Waals surface area contributed by atoms with Crippen molar-refractivity contribution in [2.24, 2.45) is 0 Å². The Kier molecular flexibility index (Phi) is 5.79. The van der Waals surface area contributed by atoms with Gasteiger partial charge in [0.1, 0.15) is 0 Å². The first-order valence-corrected chi connectivity index (χ1v) is 9.87.